The summed E-state index contributed by atoms with van der Waals surface area (Å²) in [6, 6.07) is 0. The van der Waals surface area contributed by atoms with E-state index in [9.17, 15) is 0 Å². The molecule has 0 saturated heterocycles. The first kappa shape index (κ1) is 4.84. The van der Waals surface area contributed by atoms with Crippen molar-refractivity contribution >= 4 is 0 Å². The fraction of sp³-hybridized carbons (Fsp3) is 1.00. The summed E-state index contributed by atoms with van der Waals surface area (Å²) in [5, 5.41) is 0. The molecule has 4 heteroatoms. The molecule has 0 aliphatic carbocycles. The highest BCUT2D eigenvalue weighted by molar-refractivity contribution is 3.63. The predicted octanol–water partition coefficient (Wildman–Crippen LogP) is -2.71. The quantitative estimate of drug-likeness (QED) is 0.279. The van der Waals surface area contributed by atoms with Crippen LogP contribution < -0.4 is 11.8 Å². The van der Waals surface area contributed by atoms with E-state index in [-0.39, 0.29) is 6.79 Å². The van der Waals surface area contributed by atoms with Crippen molar-refractivity contribution in [2.45, 2.75) is 0 Å². The van der Waals surface area contributed by atoms with Crippen molar-refractivity contribution in [3.63, 3.8) is 0 Å². The Bertz CT molecular complexity index is 15.1. The van der Waals surface area contributed by atoms with Gasteiger partial charge in [0.15, 0.2) is 0 Å². The van der Waals surface area contributed by atoms with Gasteiger partial charge in [0, 0.05) is 0 Å². The topological polar surface area (TPSA) is 73.7 Å². The van der Waals surface area contributed by atoms with Crippen LogP contribution >= 0.6 is 0 Å². The first-order chi connectivity index (χ1) is 2.41. The van der Waals surface area contributed by atoms with Gasteiger partial charge in [-0.2, -0.15) is 9.68 Å². The smallest absolute Gasteiger partial charge is 0.210 e. The zero-order chi connectivity index (χ0) is 4.12. The lowest BCUT2D eigenvalue weighted by atomic mass is 11.5. The van der Waals surface area contributed by atoms with E-state index in [2.05, 4.69) is 21.5 Å². The molecule has 0 amide bonds. The Kier molecular flexibility index (Phi) is 3.72. The number of rotatable bonds is 2. The second-order valence-electron chi connectivity index (χ2n) is 0.526. The maximum atomic E-state index is 4.16. The van der Waals surface area contributed by atoms with Crippen LogP contribution in [0, 0.1) is 0 Å². The molecular formula is CH8N2O2+2. The summed E-state index contributed by atoms with van der Waals surface area (Å²) in [5.41, 5.74) is 0. The summed E-state index contributed by atoms with van der Waals surface area (Å²) < 4.78 is 0. The van der Waals surface area contributed by atoms with Crippen molar-refractivity contribution in [2.75, 3.05) is 6.79 Å². The van der Waals surface area contributed by atoms with Crippen LogP contribution in [-0.2, 0) is 9.68 Å². The minimum Gasteiger partial charge on any atom is -0.210 e. The number of quaternary nitrogens is 2. The molecule has 0 fully saturated rings. The van der Waals surface area contributed by atoms with E-state index in [4.69, 9.17) is 0 Å². The lowest BCUT2D eigenvalue weighted by molar-refractivity contribution is -0.773. The van der Waals surface area contributed by atoms with Gasteiger partial charge in [-0.05, 0) is 0 Å². The Labute approximate surface area is 29.6 Å². The molecule has 0 rings (SSSR count). The van der Waals surface area contributed by atoms with E-state index in [1.807, 2.05) is 0 Å². The maximum Gasteiger partial charge on any atom is 0.260 e. The molecule has 6 N–H and O–H groups in total. The normalized spacial score (nSPS) is 8.40. The Morgan fingerprint density at radius 1 is 1.20 bits per heavy atom. The molecule has 4 nitrogen and oxygen atoms in total. The molecule has 0 aromatic rings. The average molecular weight is 80.1 g/mol. The largest absolute Gasteiger partial charge is 0.260 e. The van der Waals surface area contributed by atoms with Crippen LogP contribution in [-0.4, -0.2) is 6.79 Å². The van der Waals surface area contributed by atoms with Gasteiger partial charge in [0.2, 0.25) is 0 Å². The molecule has 0 radical (unpaired) electrons. The second-order valence-corrected chi connectivity index (χ2v) is 0.526. The summed E-state index contributed by atoms with van der Waals surface area (Å²) in [5.74, 6) is 6.02. The minimum absolute atomic E-state index is 0.167. The van der Waals surface area contributed by atoms with Gasteiger partial charge in [-0.25, -0.2) is 11.8 Å². The van der Waals surface area contributed by atoms with Gasteiger partial charge < -0.3 is 0 Å². The van der Waals surface area contributed by atoms with E-state index in [1.54, 1.807) is 0 Å². The van der Waals surface area contributed by atoms with E-state index in [0.29, 0.717) is 0 Å². The Balaban J connectivity index is 2.19. The van der Waals surface area contributed by atoms with Gasteiger partial charge >= 0.3 is 0 Å². The highest BCUT2D eigenvalue weighted by Gasteiger charge is 1.72. The van der Waals surface area contributed by atoms with Crippen LogP contribution in [0.4, 0.5) is 0 Å². The third kappa shape index (κ3) is 3.84. The fourth-order valence-corrected chi connectivity index (χ4v) is 0.0589. The monoisotopic (exact) mass is 80.1 g/mol. The lowest BCUT2D eigenvalue weighted by Crippen LogP contribution is -2.56. The molecule has 0 heterocycles. The van der Waals surface area contributed by atoms with Crippen molar-refractivity contribution in [3.05, 3.63) is 0 Å². The SMILES string of the molecule is [NH3+]OCO[NH3+]. The van der Waals surface area contributed by atoms with E-state index >= 15 is 0 Å². The van der Waals surface area contributed by atoms with E-state index in [1.165, 1.54) is 0 Å². The van der Waals surface area contributed by atoms with Gasteiger partial charge in [-0.1, -0.05) is 0 Å². The average Bonchev–Trinajstić information content (AvgIpc) is 1.41. The second kappa shape index (κ2) is 3.84. The van der Waals surface area contributed by atoms with Crippen molar-refractivity contribution in [3.8, 4) is 0 Å². The van der Waals surface area contributed by atoms with Crippen LogP contribution in [0.25, 0.3) is 0 Å². The van der Waals surface area contributed by atoms with Gasteiger partial charge in [-0.3, -0.25) is 0 Å². The van der Waals surface area contributed by atoms with Crippen LogP contribution in [0.5, 0.6) is 0 Å². The van der Waals surface area contributed by atoms with Crippen LogP contribution in [0.2, 0.25) is 0 Å². The van der Waals surface area contributed by atoms with Gasteiger partial charge in [-0.15, -0.1) is 0 Å². The highest BCUT2D eigenvalue weighted by Crippen LogP contribution is 1.44. The van der Waals surface area contributed by atoms with Crippen LogP contribution in [0.1, 0.15) is 0 Å². The fourth-order valence-electron chi connectivity index (χ4n) is 0.0589. The number of hydrogen-bond donors (Lipinski definition) is 2. The molecule has 0 saturated carbocycles. The molecular weight excluding hydrogens is 72.0 g/mol. The number of hydrogen-bond acceptors (Lipinski definition) is 2. The summed E-state index contributed by atoms with van der Waals surface area (Å²) in [6.07, 6.45) is 0. The van der Waals surface area contributed by atoms with Crippen molar-refractivity contribution in [2.24, 2.45) is 0 Å². The van der Waals surface area contributed by atoms with Crippen molar-refractivity contribution in [1.82, 2.24) is 0 Å². The van der Waals surface area contributed by atoms with Gasteiger partial charge in [0.05, 0.1) is 0 Å². The molecule has 0 aliphatic heterocycles. The van der Waals surface area contributed by atoms with Crippen molar-refractivity contribution < 1.29 is 21.5 Å². The maximum absolute atomic E-state index is 4.16. The first-order valence-electron chi connectivity index (χ1n) is 1.15. The van der Waals surface area contributed by atoms with Crippen molar-refractivity contribution in [1.29, 1.82) is 0 Å². The zero-order valence-electron chi connectivity index (χ0n) is 2.94. The van der Waals surface area contributed by atoms with Gasteiger partial charge in [0.25, 0.3) is 6.79 Å². The molecule has 0 aromatic heterocycles. The van der Waals surface area contributed by atoms with Gasteiger partial charge in [0.1, 0.15) is 0 Å². The minimum atomic E-state index is 0.167. The molecule has 0 aromatic carbocycles. The Hall–Kier alpha value is -0.160. The zero-order valence-corrected chi connectivity index (χ0v) is 2.94. The predicted molar refractivity (Wildman–Crippen MR) is 12.8 cm³/mol. The first-order valence-corrected chi connectivity index (χ1v) is 1.15. The molecule has 32 valence electrons. The molecule has 0 spiro atoms. The summed E-state index contributed by atoms with van der Waals surface area (Å²) in [4.78, 5) is 8.31. The Morgan fingerprint density at radius 2 is 1.60 bits per heavy atom. The van der Waals surface area contributed by atoms with Crippen LogP contribution in [0.15, 0.2) is 0 Å². The molecule has 0 aliphatic rings. The molecule has 0 atom stereocenters. The summed E-state index contributed by atoms with van der Waals surface area (Å²) >= 11 is 0. The molecule has 5 heavy (non-hydrogen) atoms. The molecule has 0 unspecified atom stereocenters. The van der Waals surface area contributed by atoms with E-state index in [0.717, 1.165) is 0 Å². The summed E-state index contributed by atoms with van der Waals surface area (Å²) in [7, 11) is 0. The standard InChI is InChI=1S/CH8N2O2/c2-4-1-5-3/h1H2,2-3H3/q+2. The highest BCUT2D eigenvalue weighted by atomic mass is 16.8. The van der Waals surface area contributed by atoms with Crippen LogP contribution in [0.3, 0.4) is 0 Å². The Morgan fingerprint density at radius 3 is 1.60 bits per heavy atom. The third-order valence-electron chi connectivity index (χ3n) is 0.167. The lowest BCUT2D eigenvalue weighted by Gasteiger charge is -1.78. The summed E-state index contributed by atoms with van der Waals surface area (Å²) in [6.45, 7) is 0.167. The third-order valence-corrected chi connectivity index (χ3v) is 0.167. The van der Waals surface area contributed by atoms with E-state index < -0.39 is 0 Å². The molecule has 0 bridgehead atoms.